The van der Waals surface area contributed by atoms with Crippen molar-refractivity contribution in [3.63, 3.8) is 0 Å². The number of halogens is 1. The molecule has 2 nitrogen and oxygen atoms in total. The molecule has 0 bridgehead atoms. The third-order valence-corrected chi connectivity index (χ3v) is 2.19. The van der Waals surface area contributed by atoms with Gasteiger partial charge in [0.25, 0.3) is 0 Å². The van der Waals surface area contributed by atoms with Crippen LogP contribution >= 0.6 is 15.9 Å². The van der Waals surface area contributed by atoms with Gasteiger partial charge < -0.3 is 4.74 Å². The molecule has 0 saturated heterocycles. The van der Waals surface area contributed by atoms with Gasteiger partial charge in [-0.15, -0.1) is 0 Å². The zero-order chi connectivity index (χ0) is 10.6. The molecule has 0 unspecified atom stereocenters. The Balaban J connectivity index is 3.02. The minimum Gasteiger partial charge on any atom is -0.496 e. The van der Waals surface area contributed by atoms with E-state index in [1.165, 1.54) is 13.0 Å². The van der Waals surface area contributed by atoms with Crippen molar-refractivity contribution in [2.75, 3.05) is 7.11 Å². The number of carbonyl (C=O) groups excluding carboxylic acids is 1. The first kappa shape index (κ1) is 11.0. The Morgan fingerprint density at radius 3 is 2.79 bits per heavy atom. The summed E-state index contributed by atoms with van der Waals surface area (Å²) in [5, 5.41) is 0. The molecule has 0 aliphatic heterocycles. The normalized spacial score (nSPS) is 10.5. The summed E-state index contributed by atoms with van der Waals surface area (Å²) in [5.41, 5.74) is 0.894. The third kappa shape index (κ3) is 3.00. The van der Waals surface area contributed by atoms with E-state index in [1.807, 2.05) is 18.2 Å². The molecular formula is C11H11BrO2. The van der Waals surface area contributed by atoms with Gasteiger partial charge in [0.1, 0.15) is 5.75 Å². The van der Waals surface area contributed by atoms with E-state index in [9.17, 15) is 4.79 Å². The lowest BCUT2D eigenvalue weighted by molar-refractivity contribution is -0.112. The molecule has 0 saturated carbocycles. The van der Waals surface area contributed by atoms with Crippen LogP contribution in [0.5, 0.6) is 5.75 Å². The summed E-state index contributed by atoms with van der Waals surface area (Å²) in [6, 6.07) is 5.66. The summed E-state index contributed by atoms with van der Waals surface area (Å²) in [6.45, 7) is 1.52. The van der Waals surface area contributed by atoms with Gasteiger partial charge in [0, 0.05) is 10.0 Å². The van der Waals surface area contributed by atoms with E-state index in [0.29, 0.717) is 0 Å². The smallest absolute Gasteiger partial charge is 0.152 e. The van der Waals surface area contributed by atoms with Crippen LogP contribution in [0.2, 0.25) is 0 Å². The fourth-order valence-corrected chi connectivity index (χ4v) is 1.37. The first-order valence-electron chi connectivity index (χ1n) is 4.15. The molecule has 74 valence electrons. The van der Waals surface area contributed by atoms with Crippen LogP contribution < -0.4 is 4.74 Å². The van der Waals surface area contributed by atoms with Gasteiger partial charge in [0.2, 0.25) is 0 Å². The van der Waals surface area contributed by atoms with Crippen molar-refractivity contribution in [3.8, 4) is 5.75 Å². The van der Waals surface area contributed by atoms with Crippen LogP contribution in [0.25, 0.3) is 6.08 Å². The van der Waals surface area contributed by atoms with Gasteiger partial charge in [0.15, 0.2) is 5.78 Å². The van der Waals surface area contributed by atoms with Crippen molar-refractivity contribution >= 4 is 27.8 Å². The number of ketones is 1. The monoisotopic (exact) mass is 254 g/mol. The molecule has 0 aliphatic carbocycles. The Morgan fingerprint density at radius 1 is 1.50 bits per heavy atom. The summed E-state index contributed by atoms with van der Waals surface area (Å²) in [6.07, 6.45) is 3.26. The Hall–Kier alpha value is -1.09. The second kappa shape index (κ2) is 4.96. The van der Waals surface area contributed by atoms with Crippen molar-refractivity contribution < 1.29 is 9.53 Å². The Bertz CT molecular complexity index is 370. The number of benzene rings is 1. The van der Waals surface area contributed by atoms with E-state index >= 15 is 0 Å². The van der Waals surface area contributed by atoms with E-state index < -0.39 is 0 Å². The lowest BCUT2D eigenvalue weighted by atomic mass is 10.2. The molecule has 0 N–H and O–H groups in total. The number of carbonyl (C=O) groups is 1. The highest BCUT2D eigenvalue weighted by Crippen LogP contribution is 2.24. The number of hydrogen-bond acceptors (Lipinski definition) is 2. The highest BCUT2D eigenvalue weighted by atomic mass is 79.9. The molecule has 0 fully saturated rings. The van der Waals surface area contributed by atoms with E-state index in [0.717, 1.165) is 15.8 Å². The minimum atomic E-state index is 0.0231. The first-order valence-corrected chi connectivity index (χ1v) is 4.95. The summed E-state index contributed by atoms with van der Waals surface area (Å²) < 4.78 is 6.12. The predicted octanol–water partition coefficient (Wildman–Crippen LogP) is 3.06. The standard InChI is InChI=1S/C11H11BrO2/c1-8(13)3-4-9-5-6-10(12)7-11(9)14-2/h3-7H,1-2H3/b4-3+. The van der Waals surface area contributed by atoms with Gasteiger partial charge in [-0.1, -0.05) is 22.0 Å². The molecule has 0 spiro atoms. The van der Waals surface area contributed by atoms with Crippen molar-refractivity contribution in [2.24, 2.45) is 0 Å². The molecule has 0 amide bonds. The number of methoxy groups -OCH3 is 1. The molecule has 0 aromatic heterocycles. The zero-order valence-corrected chi connectivity index (χ0v) is 9.67. The maximum absolute atomic E-state index is 10.7. The Labute approximate surface area is 91.7 Å². The number of rotatable bonds is 3. The number of hydrogen-bond donors (Lipinski definition) is 0. The van der Waals surface area contributed by atoms with Crippen LogP contribution in [-0.4, -0.2) is 12.9 Å². The fraction of sp³-hybridized carbons (Fsp3) is 0.182. The SMILES string of the molecule is COc1cc(Br)ccc1/C=C/C(C)=O. The van der Waals surface area contributed by atoms with Crippen LogP contribution in [0, 0.1) is 0 Å². The van der Waals surface area contributed by atoms with Crippen LogP contribution in [0.1, 0.15) is 12.5 Å². The molecule has 1 rings (SSSR count). The van der Waals surface area contributed by atoms with Gasteiger partial charge in [-0.25, -0.2) is 0 Å². The van der Waals surface area contributed by atoms with Gasteiger partial charge in [-0.3, -0.25) is 4.79 Å². The van der Waals surface area contributed by atoms with Crippen LogP contribution in [-0.2, 0) is 4.79 Å². The van der Waals surface area contributed by atoms with Crippen molar-refractivity contribution in [1.82, 2.24) is 0 Å². The topological polar surface area (TPSA) is 26.3 Å². The van der Waals surface area contributed by atoms with E-state index in [-0.39, 0.29) is 5.78 Å². The molecule has 14 heavy (non-hydrogen) atoms. The number of allylic oxidation sites excluding steroid dienone is 1. The maximum Gasteiger partial charge on any atom is 0.152 e. The molecule has 0 radical (unpaired) electrons. The average molecular weight is 255 g/mol. The lowest BCUT2D eigenvalue weighted by Gasteiger charge is -2.04. The quantitative estimate of drug-likeness (QED) is 0.776. The molecule has 0 aliphatic rings. The predicted molar refractivity (Wildman–Crippen MR) is 60.4 cm³/mol. The van der Waals surface area contributed by atoms with Crippen LogP contribution in [0.3, 0.4) is 0 Å². The van der Waals surface area contributed by atoms with Crippen molar-refractivity contribution in [2.45, 2.75) is 6.92 Å². The number of ether oxygens (including phenoxy) is 1. The summed E-state index contributed by atoms with van der Waals surface area (Å²) >= 11 is 3.35. The van der Waals surface area contributed by atoms with Crippen LogP contribution in [0.4, 0.5) is 0 Å². The highest BCUT2D eigenvalue weighted by molar-refractivity contribution is 9.10. The van der Waals surface area contributed by atoms with E-state index in [4.69, 9.17) is 4.74 Å². The average Bonchev–Trinajstić information content (AvgIpc) is 2.15. The minimum absolute atomic E-state index is 0.0231. The third-order valence-electron chi connectivity index (χ3n) is 1.69. The zero-order valence-electron chi connectivity index (χ0n) is 8.08. The van der Waals surface area contributed by atoms with Crippen molar-refractivity contribution in [3.05, 3.63) is 34.3 Å². The largest absolute Gasteiger partial charge is 0.496 e. The first-order chi connectivity index (χ1) is 6.63. The summed E-state index contributed by atoms with van der Waals surface area (Å²) in [5.74, 6) is 0.770. The Morgan fingerprint density at radius 2 is 2.21 bits per heavy atom. The second-order valence-electron chi connectivity index (χ2n) is 2.83. The fourth-order valence-electron chi connectivity index (χ4n) is 1.03. The lowest BCUT2D eigenvalue weighted by Crippen LogP contribution is -1.87. The molecule has 1 aromatic carbocycles. The maximum atomic E-state index is 10.7. The molecule has 1 aromatic rings. The molecule has 0 atom stereocenters. The second-order valence-corrected chi connectivity index (χ2v) is 3.75. The Kier molecular flexibility index (Phi) is 3.89. The van der Waals surface area contributed by atoms with Gasteiger partial charge >= 0.3 is 0 Å². The summed E-state index contributed by atoms with van der Waals surface area (Å²) in [7, 11) is 1.60. The van der Waals surface area contributed by atoms with Gasteiger partial charge in [-0.2, -0.15) is 0 Å². The van der Waals surface area contributed by atoms with Gasteiger partial charge in [0.05, 0.1) is 7.11 Å². The summed E-state index contributed by atoms with van der Waals surface area (Å²) in [4.78, 5) is 10.7. The molecule has 0 heterocycles. The molecular weight excluding hydrogens is 244 g/mol. The van der Waals surface area contributed by atoms with Crippen LogP contribution in [0.15, 0.2) is 28.7 Å². The highest BCUT2D eigenvalue weighted by Gasteiger charge is 1.99. The van der Waals surface area contributed by atoms with Gasteiger partial charge in [-0.05, 0) is 31.2 Å². The van der Waals surface area contributed by atoms with E-state index in [1.54, 1.807) is 13.2 Å². The molecule has 3 heteroatoms. The van der Waals surface area contributed by atoms with Crippen molar-refractivity contribution in [1.29, 1.82) is 0 Å². The van der Waals surface area contributed by atoms with E-state index in [2.05, 4.69) is 15.9 Å².